The van der Waals surface area contributed by atoms with Crippen LogP contribution in [0.4, 0.5) is 0 Å². The van der Waals surface area contributed by atoms with Gasteiger partial charge in [0.25, 0.3) is 0 Å². The van der Waals surface area contributed by atoms with E-state index in [2.05, 4.69) is 11.1 Å². The van der Waals surface area contributed by atoms with Crippen molar-refractivity contribution in [3.8, 4) is 0 Å². The third kappa shape index (κ3) is 2.83. The highest BCUT2D eigenvalue weighted by Gasteiger charge is 2.26. The van der Waals surface area contributed by atoms with Crippen molar-refractivity contribution in [1.82, 2.24) is 4.98 Å². The maximum absolute atomic E-state index is 10.3. The number of nitrogens with zero attached hydrogens (tertiary/aromatic N) is 1. The van der Waals surface area contributed by atoms with Crippen LogP contribution in [0.1, 0.15) is 18.4 Å². The van der Waals surface area contributed by atoms with Gasteiger partial charge in [0.1, 0.15) is 0 Å². The number of rotatable bonds is 5. The molecule has 0 aliphatic carbocycles. The highest BCUT2D eigenvalue weighted by molar-refractivity contribution is 7.18. The Bertz CT molecular complexity index is 464. The first-order valence-electron chi connectivity index (χ1n) is 5.72. The predicted octanol–water partition coefficient (Wildman–Crippen LogP) is 2.63. The van der Waals surface area contributed by atoms with Crippen LogP contribution in [0.5, 0.6) is 0 Å². The summed E-state index contributed by atoms with van der Waals surface area (Å²) in [5, 5.41) is 11.3. The number of methoxy groups -OCH3 is 1. The molecule has 0 bridgehead atoms. The molecular weight excluding hydrogens is 234 g/mol. The van der Waals surface area contributed by atoms with Crippen molar-refractivity contribution in [2.75, 3.05) is 13.7 Å². The van der Waals surface area contributed by atoms with E-state index in [-0.39, 0.29) is 0 Å². The maximum atomic E-state index is 10.3. The monoisotopic (exact) mass is 251 g/mol. The first-order chi connectivity index (χ1) is 8.17. The second-order valence-corrected chi connectivity index (χ2v) is 5.38. The van der Waals surface area contributed by atoms with Crippen LogP contribution >= 0.6 is 11.3 Å². The van der Waals surface area contributed by atoms with Gasteiger partial charge in [0, 0.05) is 13.5 Å². The molecule has 1 aromatic heterocycles. The van der Waals surface area contributed by atoms with Crippen LogP contribution < -0.4 is 0 Å². The molecule has 92 valence electrons. The molecule has 1 unspecified atom stereocenters. The Morgan fingerprint density at radius 2 is 2.18 bits per heavy atom. The van der Waals surface area contributed by atoms with Gasteiger partial charge in [0.2, 0.25) is 0 Å². The lowest BCUT2D eigenvalue weighted by Crippen LogP contribution is -2.35. The standard InChI is InChI=1S/C13H17NO2S/c1-3-13(15,9-16-2)8-12-14-10-6-4-5-7-11(10)17-12/h4-7,15H,3,8-9H2,1-2H3. The van der Waals surface area contributed by atoms with E-state index in [1.54, 1.807) is 18.4 Å². The lowest BCUT2D eigenvalue weighted by molar-refractivity contribution is -0.0333. The van der Waals surface area contributed by atoms with Crippen molar-refractivity contribution in [3.63, 3.8) is 0 Å². The Kier molecular flexibility index (Phi) is 3.76. The summed E-state index contributed by atoms with van der Waals surface area (Å²) < 4.78 is 6.24. The minimum absolute atomic E-state index is 0.347. The van der Waals surface area contributed by atoms with Gasteiger partial charge in [-0.1, -0.05) is 19.1 Å². The summed E-state index contributed by atoms with van der Waals surface area (Å²) in [7, 11) is 1.61. The molecule has 0 fully saturated rings. The molecule has 2 aromatic rings. The normalized spacial score (nSPS) is 15.0. The molecule has 2 rings (SSSR count). The highest BCUT2D eigenvalue weighted by Crippen LogP contribution is 2.26. The zero-order valence-electron chi connectivity index (χ0n) is 10.1. The third-order valence-corrected chi connectivity index (χ3v) is 3.93. The highest BCUT2D eigenvalue weighted by atomic mass is 32.1. The van der Waals surface area contributed by atoms with Crippen LogP contribution in [0.25, 0.3) is 10.2 Å². The average Bonchev–Trinajstić information content (AvgIpc) is 2.71. The van der Waals surface area contributed by atoms with Crippen molar-refractivity contribution < 1.29 is 9.84 Å². The number of fused-ring (bicyclic) bond motifs is 1. The Hall–Kier alpha value is -0.970. The third-order valence-electron chi connectivity index (χ3n) is 2.89. The minimum Gasteiger partial charge on any atom is -0.387 e. The van der Waals surface area contributed by atoms with Crippen LogP contribution in [0.3, 0.4) is 0 Å². The number of benzene rings is 1. The fourth-order valence-corrected chi connectivity index (χ4v) is 2.93. The Morgan fingerprint density at radius 3 is 2.82 bits per heavy atom. The lowest BCUT2D eigenvalue weighted by Gasteiger charge is -2.24. The molecule has 4 heteroatoms. The summed E-state index contributed by atoms with van der Waals surface area (Å²) in [4.78, 5) is 4.53. The molecule has 17 heavy (non-hydrogen) atoms. The van der Waals surface area contributed by atoms with E-state index in [4.69, 9.17) is 4.74 Å². The van der Waals surface area contributed by atoms with E-state index in [0.29, 0.717) is 19.4 Å². The van der Waals surface area contributed by atoms with Gasteiger partial charge in [0.05, 0.1) is 27.4 Å². The molecule has 0 aliphatic rings. The van der Waals surface area contributed by atoms with Crippen molar-refractivity contribution >= 4 is 21.6 Å². The average molecular weight is 251 g/mol. The van der Waals surface area contributed by atoms with E-state index >= 15 is 0 Å². The number of hydrogen-bond acceptors (Lipinski definition) is 4. The van der Waals surface area contributed by atoms with E-state index in [1.165, 1.54) is 4.70 Å². The molecule has 0 saturated carbocycles. The van der Waals surface area contributed by atoms with Gasteiger partial charge in [-0.2, -0.15) is 0 Å². The zero-order chi connectivity index (χ0) is 12.3. The van der Waals surface area contributed by atoms with Crippen molar-refractivity contribution in [2.24, 2.45) is 0 Å². The van der Waals surface area contributed by atoms with Gasteiger partial charge < -0.3 is 9.84 Å². The van der Waals surface area contributed by atoms with Crippen molar-refractivity contribution in [1.29, 1.82) is 0 Å². The largest absolute Gasteiger partial charge is 0.387 e. The topological polar surface area (TPSA) is 42.4 Å². The first-order valence-corrected chi connectivity index (χ1v) is 6.54. The zero-order valence-corrected chi connectivity index (χ0v) is 11.0. The number of thiazole rings is 1. The molecule has 0 aliphatic heterocycles. The van der Waals surface area contributed by atoms with E-state index in [0.717, 1.165) is 10.5 Å². The Morgan fingerprint density at radius 1 is 1.41 bits per heavy atom. The predicted molar refractivity (Wildman–Crippen MR) is 70.4 cm³/mol. The SMILES string of the molecule is CCC(O)(COC)Cc1nc2ccccc2s1. The van der Waals surface area contributed by atoms with Gasteiger partial charge >= 0.3 is 0 Å². The number of para-hydroxylation sites is 1. The minimum atomic E-state index is -0.803. The molecule has 1 heterocycles. The van der Waals surface area contributed by atoms with E-state index < -0.39 is 5.60 Å². The maximum Gasteiger partial charge on any atom is 0.0968 e. The second-order valence-electron chi connectivity index (χ2n) is 4.26. The molecule has 0 spiro atoms. The molecule has 0 saturated heterocycles. The van der Waals surface area contributed by atoms with Gasteiger partial charge in [0.15, 0.2) is 0 Å². The van der Waals surface area contributed by atoms with Gasteiger partial charge in [-0.3, -0.25) is 0 Å². The number of hydrogen-bond donors (Lipinski definition) is 1. The van der Waals surface area contributed by atoms with Crippen molar-refractivity contribution in [2.45, 2.75) is 25.4 Å². The van der Waals surface area contributed by atoms with Gasteiger partial charge in [-0.15, -0.1) is 11.3 Å². The Labute approximate surface area is 105 Å². The van der Waals surface area contributed by atoms with Crippen molar-refractivity contribution in [3.05, 3.63) is 29.3 Å². The molecule has 1 aromatic carbocycles. The molecule has 0 radical (unpaired) electrons. The van der Waals surface area contributed by atoms with Crippen LogP contribution in [-0.2, 0) is 11.2 Å². The Balaban J connectivity index is 2.22. The summed E-state index contributed by atoms with van der Waals surface area (Å²) in [5.41, 5.74) is 0.200. The van der Waals surface area contributed by atoms with Crippen LogP contribution in [0.2, 0.25) is 0 Å². The van der Waals surface area contributed by atoms with E-state index in [9.17, 15) is 5.11 Å². The summed E-state index contributed by atoms with van der Waals surface area (Å²) in [6, 6.07) is 8.03. The number of ether oxygens (including phenoxy) is 1. The first kappa shape index (κ1) is 12.5. The summed E-state index contributed by atoms with van der Waals surface area (Å²) in [6.45, 7) is 2.31. The van der Waals surface area contributed by atoms with Crippen LogP contribution in [-0.4, -0.2) is 29.4 Å². The molecule has 1 atom stereocenters. The molecule has 3 nitrogen and oxygen atoms in total. The second kappa shape index (κ2) is 5.12. The number of aromatic nitrogens is 1. The van der Waals surface area contributed by atoms with Gasteiger partial charge in [-0.25, -0.2) is 4.98 Å². The van der Waals surface area contributed by atoms with E-state index in [1.807, 2.05) is 25.1 Å². The fraction of sp³-hybridized carbons (Fsp3) is 0.462. The molecular formula is C13H17NO2S. The summed E-state index contributed by atoms with van der Waals surface area (Å²) >= 11 is 1.64. The summed E-state index contributed by atoms with van der Waals surface area (Å²) in [6.07, 6.45) is 1.22. The fourth-order valence-electron chi connectivity index (χ4n) is 1.82. The van der Waals surface area contributed by atoms with Crippen LogP contribution in [0.15, 0.2) is 24.3 Å². The molecule has 0 amide bonds. The van der Waals surface area contributed by atoms with Gasteiger partial charge in [-0.05, 0) is 18.6 Å². The summed E-state index contributed by atoms with van der Waals surface area (Å²) in [5.74, 6) is 0. The van der Waals surface area contributed by atoms with Crippen LogP contribution in [0, 0.1) is 0 Å². The lowest BCUT2D eigenvalue weighted by atomic mass is 9.98. The number of aliphatic hydroxyl groups is 1. The smallest absolute Gasteiger partial charge is 0.0968 e. The quantitative estimate of drug-likeness (QED) is 0.888. The molecule has 1 N–H and O–H groups in total.